The third-order valence-corrected chi connectivity index (χ3v) is 5.34. The van der Waals surface area contributed by atoms with Gasteiger partial charge in [-0.1, -0.05) is 0 Å². The molecule has 6 heteroatoms. The summed E-state index contributed by atoms with van der Waals surface area (Å²) in [6.45, 7) is 2.02. The number of carbonyl (C=O) groups excluding carboxylic acids is 1. The van der Waals surface area contributed by atoms with Gasteiger partial charge in [-0.15, -0.1) is 11.3 Å². The Bertz CT molecular complexity index is 444. The van der Waals surface area contributed by atoms with Crippen LogP contribution in [0.2, 0.25) is 0 Å². The number of amides is 1. The van der Waals surface area contributed by atoms with Gasteiger partial charge < -0.3 is 15.3 Å². The fraction of sp³-hybridized carbons (Fsp3) is 0.615. The van der Waals surface area contributed by atoms with Gasteiger partial charge in [0.1, 0.15) is 0 Å². The molecule has 1 unspecified atom stereocenters. The number of carbonyl (C=O) groups is 1. The SMILES string of the molecule is CN(Cc1sccc1Br)C(=O)CC1(O)CCCNC1. The Morgan fingerprint density at radius 2 is 2.47 bits per heavy atom. The zero-order valence-electron chi connectivity index (χ0n) is 11.0. The number of nitrogens with zero attached hydrogens (tertiary/aromatic N) is 1. The summed E-state index contributed by atoms with van der Waals surface area (Å²) in [5, 5.41) is 15.5. The number of halogens is 1. The van der Waals surface area contributed by atoms with E-state index in [1.54, 1.807) is 23.3 Å². The van der Waals surface area contributed by atoms with E-state index in [9.17, 15) is 9.90 Å². The van der Waals surface area contributed by atoms with Crippen LogP contribution in [0.25, 0.3) is 0 Å². The highest BCUT2D eigenvalue weighted by Gasteiger charge is 2.32. The normalized spacial score (nSPS) is 23.3. The van der Waals surface area contributed by atoms with Crippen molar-refractivity contribution in [3.8, 4) is 0 Å². The summed E-state index contributed by atoms with van der Waals surface area (Å²) < 4.78 is 1.04. The molecule has 1 aliphatic heterocycles. The van der Waals surface area contributed by atoms with Crippen molar-refractivity contribution < 1.29 is 9.90 Å². The molecule has 1 aromatic heterocycles. The Kier molecular flexibility index (Phi) is 5.00. The van der Waals surface area contributed by atoms with E-state index >= 15 is 0 Å². The lowest BCUT2D eigenvalue weighted by Crippen LogP contribution is -2.48. The molecule has 2 rings (SSSR count). The second-order valence-corrected chi connectivity index (χ2v) is 6.98. The van der Waals surface area contributed by atoms with Crippen LogP contribution >= 0.6 is 27.3 Å². The molecule has 0 aromatic carbocycles. The maximum Gasteiger partial charge on any atom is 0.225 e. The Morgan fingerprint density at radius 1 is 1.68 bits per heavy atom. The van der Waals surface area contributed by atoms with Crippen molar-refractivity contribution in [2.24, 2.45) is 0 Å². The van der Waals surface area contributed by atoms with Crippen LogP contribution < -0.4 is 5.32 Å². The first-order valence-corrected chi connectivity index (χ1v) is 8.06. The number of hydrogen-bond donors (Lipinski definition) is 2. The van der Waals surface area contributed by atoms with E-state index < -0.39 is 5.60 Å². The maximum absolute atomic E-state index is 12.2. The molecule has 1 amide bonds. The van der Waals surface area contributed by atoms with Gasteiger partial charge in [-0.3, -0.25) is 4.79 Å². The molecule has 1 saturated heterocycles. The van der Waals surface area contributed by atoms with Crippen molar-refractivity contribution in [2.45, 2.75) is 31.4 Å². The Hall–Kier alpha value is -0.430. The number of nitrogens with one attached hydrogen (secondary N) is 1. The Morgan fingerprint density at radius 3 is 3.05 bits per heavy atom. The van der Waals surface area contributed by atoms with E-state index in [2.05, 4.69) is 21.2 Å². The summed E-state index contributed by atoms with van der Waals surface area (Å²) >= 11 is 5.09. The average Bonchev–Trinajstić information content (AvgIpc) is 2.75. The third-order valence-electron chi connectivity index (χ3n) is 3.43. The van der Waals surface area contributed by atoms with Crippen LogP contribution in [0.5, 0.6) is 0 Å². The number of rotatable bonds is 4. The molecule has 2 heterocycles. The first kappa shape index (κ1) is 15.0. The molecule has 1 atom stereocenters. The summed E-state index contributed by atoms with van der Waals surface area (Å²) in [5.41, 5.74) is -0.879. The largest absolute Gasteiger partial charge is 0.388 e. The zero-order chi connectivity index (χ0) is 13.9. The summed E-state index contributed by atoms with van der Waals surface area (Å²) in [4.78, 5) is 15.0. The number of hydrogen-bond acceptors (Lipinski definition) is 4. The second kappa shape index (κ2) is 6.35. The van der Waals surface area contributed by atoms with Gasteiger partial charge in [0.05, 0.1) is 18.6 Å². The van der Waals surface area contributed by atoms with Crippen LogP contribution in [0.4, 0.5) is 0 Å². The molecule has 2 N–H and O–H groups in total. The van der Waals surface area contributed by atoms with E-state index in [0.29, 0.717) is 19.5 Å². The van der Waals surface area contributed by atoms with Crippen molar-refractivity contribution in [1.82, 2.24) is 10.2 Å². The van der Waals surface area contributed by atoms with Gasteiger partial charge in [-0.2, -0.15) is 0 Å². The van der Waals surface area contributed by atoms with Crippen molar-refractivity contribution in [1.29, 1.82) is 0 Å². The molecular weight excluding hydrogens is 328 g/mol. The molecule has 0 spiro atoms. The Balaban J connectivity index is 1.90. The van der Waals surface area contributed by atoms with Crippen molar-refractivity contribution >= 4 is 33.2 Å². The smallest absolute Gasteiger partial charge is 0.225 e. The van der Waals surface area contributed by atoms with Crippen LogP contribution in [0.15, 0.2) is 15.9 Å². The van der Waals surface area contributed by atoms with Crippen LogP contribution in [0.3, 0.4) is 0 Å². The Labute approximate surface area is 125 Å². The van der Waals surface area contributed by atoms with Crippen LogP contribution in [-0.2, 0) is 11.3 Å². The van der Waals surface area contributed by atoms with E-state index in [0.717, 1.165) is 22.3 Å². The average molecular weight is 347 g/mol. The predicted octanol–water partition coefficient (Wildman–Crippen LogP) is 1.97. The number of β-amino-alcohol motifs (C(OH)–C–C–N with tert-alkyl or cyclic N) is 1. The van der Waals surface area contributed by atoms with Gasteiger partial charge in [-0.05, 0) is 46.8 Å². The van der Waals surface area contributed by atoms with Crippen LogP contribution in [-0.4, -0.2) is 41.7 Å². The van der Waals surface area contributed by atoms with Crippen molar-refractivity contribution in [2.75, 3.05) is 20.1 Å². The first-order valence-electron chi connectivity index (χ1n) is 6.39. The van der Waals surface area contributed by atoms with Gasteiger partial charge in [-0.25, -0.2) is 0 Å². The molecule has 0 aliphatic carbocycles. The van der Waals surface area contributed by atoms with Crippen LogP contribution in [0.1, 0.15) is 24.1 Å². The molecule has 106 valence electrons. The molecule has 0 saturated carbocycles. The lowest BCUT2D eigenvalue weighted by Gasteiger charge is -2.33. The standard InChI is InChI=1S/C13H19BrN2O2S/c1-16(8-11-10(14)3-6-19-11)12(17)7-13(18)4-2-5-15-9-13/h3,6,15,18H,2,4-5,7-9H2,1H3. The number of aliphatic hydroxyl groups is 1. The summed E-state index contributed by atoms with van der Waals surface area (Å²) in [7, 11) is 1.79. The summed E-state index contributed by atoms with van der Waals surface area (Å²) in [5.74, 6) is -0.00787. The highest BCUT2D eigenvalue weighted by atomic mass is 79.9. The number of piperidine rings is 1. The molecule has 0 radical (unpaired) electrons. The van der Waals surface area contributed by atoms with E-state index in [1.807, 2.05) is 11.4 Å². The molecule has 1 aromatic rings. The first-order chi connectivity index (χ1) is 9.00. The zero-order valence-corrected chi connectivity index (χ0v) is 13.4. The van der Waals surface area contributed by atoms with Gasteiger partial charge in [0.15, 0.2) is 0 Å². The van der Waals surface area contributed by atoms with E-state index in [1.165, 1.54) is 0 Å². The molecule has 1 fully saturated rings. The quantitative estimate of drug-likeness (QED) is 0.876. The highest BCUT2D eigenvalue weighted by Crippen LogP contribution is 2.25. The lowest BCUT2D eigenvalue weighted by molar-refractivity contribution is -0.136. The predicted molar refractivity (Wildman–Crippen MR) is 80.2 cm³/mol. The second-order valence-electron chi connectivity index (χ2n) is 5.12. The van der Waals surface area contributed by atoms with Gasteiger partial charge in [0.2, 0.25) is 5.91 Å². The molecule has 4 nitrogen and oxygen atoms in total. The monoisotopic (exact) mass is 346 g/mol. The van der Waals surface area contributed by atoms with Crippen LogP contribution in [0, 0.1) is 0 Å². The van der Waals surface area contributed by atoms with Gasteiger partial charge in [0, 0.05) is 22.9 Å². The minimum atomic E-state index is -0.879. The van der Waals surface area contributed by atoms with Crippen molar-refractivity contribution in [3.63, 3.8) is 0 Å². The summed E-state index contributed by atoms with van der Waals surface area (Å²) in [6, 6.07) is 1.98. The van der Waals surface area contributed by atoms with E-state index in [4.69, 9.17) is 0 Å². The maximum atomic E-state index is 12.2. The summed E-state index contributed by atoms with van der Waals surface area (Å²) in [6.07, 6.45) is 1.81. The molecular formula is C13H19BrN2O2S. The number of thiophene rings is 1. The lowest BCUT2D eigenvalue weighted by atomic mass is 9.90. The molecule has 19 heavy (non-hydrogen) atoms. The fourth-order valence-corrected chi connectivity index (χ4v) is 3.79. The highest BCUT2D eigenvalue weighted by molar-refractivity contribution is 9.10. The van der Waals surface area contributed by atoms with Gasteiger partial charge in [0.25, 0.3) is 0 Å². The van der Waals surface area contributed by atoms with Gasteiger partial charge >= 0.3 is 0 Å². The third kappa shape index (κ3) is 4.02. The minimum absolute atomic E-state index is 0.00787. The molecule has 0 bridgehead atoms. The fourth-order valence-electron chi connectivity index (χ4n) is 2.26. The van der Waals surface area contributed by atoms with Crippen molar-refractivity contribution in [3.05, 3.63) is 20.8 Å². The minimum Gasteiger partial charge on any atom is -0.388 e. The van der Waals surface area contributed by atoms with E-state index in [-0.39, 0.29) is 12.3 Å². The topological polar surface area (TPSA) is 52.6 Å². The molecule has 1 aliphatic rings.